The number of halogens is 3. The number of carbonyl (C=O) groups is 1. The zero-order chi connectivity index (χ0) is 20.2. The van der Waals surface area contributed by atoms with Crippen molar-refractivity contribution in [1.29, 1.82) is 0 Å². The summed E-state index contributed by atoms with van der Waals surface area (Å²) in [5, 5.41) is 9.82. The number of alkyl halides is 3. The fourth-order valence-electron chi connectivity index (χ4n) is 5.30. The summed E-state index contributed by atoms with van der Waals surface area (Å²) < 4.78 is 40.6. The summed E-state index contributed by atoms with van der Waals surface area (Å²) in [5.74, 6) is 0.459. The van der Waals surface area contributed by atoms with E-state index in [9.17, 15) is 23.1 Å². The van der Waals surface area contributed by atoms with Crippen LogP contribution in [0.3, 0.4) is 0 Å². The molecule has 0 radical (unpaired) electrons. The molecule has 1 saturated heterocycles. The number of hydrogen-bond acceptors (Lipinski definition) is 3. The zero-order valence-electron chi connectivity index (χ0n) is 16.0. The summed E-state index contributed by atoms with van der Waals surface area (Å²) in [6.07, 6.45) is 0.535. The molecular formula is C21H26F3NO3. The van der Waals surface area contributed by atoms with Crippen molar-refractivity contribution in [2.75, 3.05) is 13.1 Å². The molecule has 154 valence electrons. The van der Waals surface area contributed by atoms with Gasteiger partial charge in [0.05, 0.1) is 5.60 Å². The van der Waals surface area contributed by atoms with Crippen LogP contribution in [-0.2, 0) is 11.2 Å². The summed E-state index contributed by atoms with van der Waals surface area (Å²) >= 11 is 0. The van der Waals surface area contributed by atoms with Gasteiger partial charge in [-0.25, -0.2) is 0 Å². The third kappa shape index (κ3) is 4.14. The van der Waals surface area contributed by atoms with E-state index >= 15 is 0 Å². The van der Waals surface area contributed by atoms with Crippen LogP contribution in [0, 0.1) is 17.3 Å². The van der Waals surface area contributed by atoms with Gasteiger partial charge in [0.1, 0.15) is 5.75 Å². The first-order valence-corrected chi connectivity index (χ1v) is 9.89. The van der Waals surface area contributed by atoms with Gasteiger partial charge in [-0.2, -0.15) is 0 Å². The second-order valence-corrected chi connectivity index (χ2v) is 9.30. The van der Waals surface area contributed by atoms with Gasteiger partial charge < -0.3 is 14.7 Å². The molecule has 1 heterocycles. The Hall–Kier alpha value is -1.76. The summed E-state index contributed by atoms with van der Waals surface area (Å²) in [4.78, 5) is 14.4. The molecule has 2 saturated carbocycles. The fraction of sp³-hybridized carbons (Fsp3) is 0.667. The van der Waals surface area contributed by atoms with Gasteiger partial charge in [-0.3, -0.25) is 4.79 Å². The first-order chi connectivity index (χ1) is 13.0. The highest BCUT2D eigenvalue weighted by molar-refractivity contribution is 5.81. The van der Waals surface area contributed by atoms with Crippen molar-refractivity contribution in [1.82, 2.24) is 4.90 Å². The molecule has 4 nitrogen and oxygen atoms in total. The maximum Gasteiger partial charge on any atom is 0.573 e. The van der Waals surface area contributed by atoms with E-state index in [0.717, 1.165) is 44.3 Å². The van der Waals surface area contributed by atoms with E-state index in [1.165, 1.54) is 12.1 Å². The predicted molar refractivity (Wildman–Crippen MR) is 96.5 cm³/mol. The van der Waals surface area contributed by atoms with Crippen LogP contribution in [0.15, 0.2) is 24.3 Å². The highest BCUT2D eigenvalue weighted by Gasteiger charge is 2.52. The molecule has 0 unspecified atom stereocenters. The lowest BCUT2D eigenvalue weighted by Gasteiger charge is -2.52. The maximum atomic E-state index is 12.5. The average molecular weight is 397 g/mol. The van der Waals surface area contributed by atoms with Gasteiger partial charge >= 0.3 is 6.36 Å². The highest BCUT2D eigenvalue weighted by atomic mass is 19.4. The van der Waals surface area contributed by atoms with Crippen molar-refractivity contribution in [2.24, 2.45) is 17.3 Å². The lowest BCUT2D eigenvalue weighted by atomic mass is 9.69. The number of carbonyl (C=O) groups excluding carboxylic acids is 1. The van der Waals surface area contributed by atoms with Crippen LogP contribution in [0.5, 0.6) is 5.75 Å². The number of amides is 1. The van der Waals surface area contributed by atoms with Crippen LogP contribution in [0.1, 0.15) is 44.6 Å². The van der Waals surface area contributed by atoms with E-state index in [2.05, 4.69) is 4.74 Å². The Bertz CT molecular complexity index is 730. The largest absolute Gasteiger partial charge is 0.573 e. The molecule has 0 bridgehead atoms. The Morgan fingerprint density at radius 1 is 1.21 bits per heavy atom. The van der Waals surface area contributed by atoms with E-state index in [1.54, 1.807) is 19.1 Å². The van der Waals surface area contributed by atoms with E-state index < -0.39 is 12.0 Å². The molecule has 1 aromatic rings. The van der Waals surface area contributed by atoms with Crippen molar-refractivity contribution in [3.8, 4) is 5.75 Å². The van der Waals surface area contributed by atoms with Gasteiger partial charge in [-0.15, -0.1) is 13.2 Å². The summed E-state index contributed by atoms with van der Waals surface area (Å²) in [7, 11) is 0. The molecule has 7 heteroatoms. The van der Waals surface area contributed by atoms with Gasteiger partial charge in [0.25, 0.3) is 0 Å². The second-order valence-electron chi connectivity index (χ2n) is 9.30. The van der Waals surface area contributed by atoms with E-state index in [0.29, 0.717) is 18.8 Å². The minimum absolute atomic E-state index is 0.0259. The highest BCUT2D eigenvalue weighted by Crippen LogP contribution is 2.50. The molecule has 28 heavy (non-hydrogen) atoms. The molecule has 1 aliphatic heterocycles. The van der Waals surface area contributed by atoms with Crippen molar-refractivity contribution in [2.45, 2.75) is 57.4 Å². The van der Waals surface area contributed by atoms with E-state index in [-0.39, 0.29) is 23.0 Å². The van der Waals surface area contributed by atoms with Crippen molar-refractivity contribution in [3.63, 3.8) is 0 Å². The van der Waals surface area contributed by atoms with Gasteiger partial charge in [-0.05, 0) is 69.1 Å². The molecule has 1 atom stereocenters. The molecular weight excluding hydrogens is 371 g/mol. The normalized spacial score (nSPS) is 31.4. The maximum absolute atomic E-state index is 12.5. The van der Waals surface area contributed by atoms with Crippen molar-refractivity contribution in [3.05, 3.63) is 29.8 Å². The molecule has 1 aromatic carbocycles. The molecule has 3 fully saturated rings. The van der Waals surface area contributed by atoms with Gasteiger partial charge in [-0.1, -0.05) is 12.1 Å². The predicted octanol–water partition coefficient (Wildman–Crippen LogP) is 3.92. The average Bonchev–Trinajstić information content (AvgIpc) is 2.95. The van der Waals surface area contributed by atoms with Crippen molar-refractivity contribution >= 4 is 5.91 Å². The molecule has 2 aliphatic carbocycles. The minimum Gasteiger partial charge on any atom is -0.406 e. The van der Waals surface area contributed by atoms with Crippen LogP contribution < -0.4 is 4.74 Å². The smallest absolute Gasteiger partial charge is 0.406 e. The summed E-state index contributed by atoms with van der Waals surface area (Å²) in [5.41, 5.74) is 0.550. The Kier molecular flexibility index (Phi) is 4.64. The van der Waals surface area contributed by atoms with Crippen molar-refractivity contribution < 1.29 is 27.8 Å². The molecule has 0 aromatic heterocycles. The molecule has 1 amide bonds. The topological polar surface area (TPSA) is 49.8 Å². The van der Waals surface area contributed by atoms with Crippen LogP contribution in [-0.4, -0.2) is 41.0 Å². The summed E-state index contributed by atoms with van der Waals surface area (Å²) in [6.45, 7) is 3.39. The number of aliphatic hydroxyl groups is 1. The quantitative estimate of drug-likeness (QED) is 0.838. The first kappa shape index (κ1) is 19.6. The Labute approximate surface area is 162 Å². The lowest BCUT2D eigenvalue weighted by molar-refractivity contribution is -0.274. The number of likely N-dealkylation sites (tertiary alicyclic amines) is 1. The molecule has 1 spiro atoms. The van der Waals surface area contributed by atoms with Crippen LogP contribution in [0.25, 0.3) is 0 Å². The molecule has 3 aliphatic rings. The molecule has 1 N–H and O–H groups in total. The number of hydrogen-bond donors (Lipinski definition) is 1. The minimum atomic E-state index is -4.66. The van der Waals surface area contributed by atoms with Crippen LogP contribution >= 0.6 is 0 Å². The summed E-state index contributed by atoms with van der Waals surface area (Å²) in [6, 6.07) is 6.13. The standard InChI is InChI=1S/C21H26F3NO3/c1-19(27)10-16(11-19)18(26)25-12-20(13-25)7-6-15(9-20)8-14-2-4-17(5-3-14)28-21(22,23)24/h2-5,15-16,27H,6-13H2,1H3/t15-,16?,19?/m0/s1. The lowest BCUT2D eigenvalue weighted by Crippen LogP contribution is -2.61. The Morgan fingerprint density at radius 2 is 1.86 bits per heavy atom. The molecule has 4 rings (SSSR count). The van der Waals surface area contributed by atoms with Gasteiger partial charge in [0, 0.05) is 24.4 Å². The van der Waals surface area contributed by atoms with Gasteiger partial charge in [0.15, 0.2) is 0 Å². The fourth-order valence-corrected chi connectivity index (χ4v) is 5.30. The van der Waals surface area contributed by atoms with Gasteiger partial charge in [0.2, 0.25) is 5.91 Å². The number of nitrogens with zero attached hydrogens (tertiary/aromatic N) is 1. The zero-order valence-corrected chi connectivity index (χ0v) is 16.0. The van der Waals surface area contributed by atoms with Crippen LogP contribution in [0.2, 0.25) is 0 Å². The monoisotopic (exact) mass is 397 g/mol. The third-order valence-electron chi connectivity index (χ3n) is 6.57. The first-order valence-electron chi connectivity index (χ1n) is 9.89. The number of ether oxygens (including phenoxy) is 1. The van der Waals surface area contributed by atoms with E-state index in [4.69, 9.17) is 0 Å². The Morgan fingerprint density at radius 3 is 2.43 bits per heavy atom. The Balaban J connectivity index is 1.25. The number of benzene rings is 1. The number of rotatable bonds is 4. The third-order valence-corrected chi connectivity index (χ3v) is 6.57. The second kappa shape index (κ2) is 6.65. The van der Waals surface area contributed by atoms with Crippen LogP contribution in [0.4, 0.5) is 13.2 Å². The SMILES string of the molecule is CC1(O)CC(C(=O)N2CC3(CC[C@@H](Cc4ccc(OC(F)(F)F)cc4)C3)C2)C1. The van der Waals surface area contributed by atoms with E-state index in [1.807, 2.05) is 4.90 Å².